The van der Waals surface area contributed by atoms with E-state index in [1.165, 1.54) is 36.4 Å². The van der Waals surface area contributed by atoms with Crippen molar-refractivity contribution >= 4 is 17.3 Å². The normalized spacial score (nSPS) is 20.0. The van der Waals surface area contributed by atoms with E-state index in [0.29, 0.717) is 16.0 Å². The number of halogens is 4. The Morgan fingerprint density at radius 2 is 1.78 bits per heavy atom. The molecule has 3 rings (SSSR count). The minimum atomic E-state index is -4.47. The van der Waals surface area contributed by atoms with Gasteiger partial charge in [0.1, 0.15) is 5.82 Å². The molecule has 0 radical (unpaired) electrons. The highest BCUT2D eigenvalue weighted by Gasteiger charge is 2.44. The molecule has 0 saturated heterocycles. The first-order chi connectivity index (χ1) is 12.7. The van der Waals surface area contributed by atoms with Gasteiger partial charge in [0.15, 0.2) is 5.71 Å². The van der Waals surface area contributed by atoms with E-state index in [-0.39, 0.29) is 12.1 Å². The summed E-state index contributed by atoms with van der Waals surface area (Å²) < 4.78 is 52.5. The molecule has 0 unspecified atom stereocenters. The number of amides is 1. The van der Waals surface area contributed by atoms with Crippen LogP contribution >= 0.6 is 0 Å². The van der Waals surface area contributed by atoms with Gasteiger partial charge in [-0.15, -0.1) is 0 Å². The van der Waals surface area contributed by atoms with Gasteiger partial charge in [-0.25, -0.2) is 9.13 Å². The van der Waals surface area contributed by atoms with Crippen LogP contribution in [0.2, 0.25) is 0 Å². The third-order valence-electron chi connectivity index (χ3n) is 4.59. The fraction of sp³-hybridized carbons (Fsp3) is 0.263. The smallest absolute Gasteiger partial charge is 0.416 e. The Morgan fingerprint density at radius 3 is 2.37 bits per heavy atom. The predicted molar refractivity (Wildman–Crippen MR) is 91.9 cm³/mol. The van der Waals surface area contributed by atoms with Crippen molar-refractivity contribution in [1.29, 1.82) is 0 Å². The van der Waals surface area contributed by atoms with Crippen molar-refractivity contribution in [2.75, 3.05) is 5.32 Å². The summed E-state index contributed by atoms with van der Waals surface area (Å²) in [4.78, 5) is 12.6. The second-order valence-electron chi connectivity index (χ2n) is 6.41. The number of alkyl halides is 3. The van der Waals surface area contributed by atoms with Crippen LogP contribution in [0.25, 0.3) is 0 Å². The number of benzene rings is 2. The Bertz CT molecular complexity index is 891. The van der Waals surface area contributed by atoms with Crippen molar-refractivity contribution < 1.29 is 27.1 Å². The van der Waals surface area contributed by atoms with Crippen LogP contribution in [0.4, 0.5) is 23.2 Å². The van der Waals surface area contributed by atoms with E-state index < -0.39 is 35.4 Å². The summed E-state index contributed by atoms with van der Waals surface area (Å²) in [6.07, 6.45) is -4.24. The summed E-state index contributed by atoms with van der Waals surface area (Å²) in [6.45, 7) is 1.56. The first kappa shape index (κ1) is 18.9. The number of carbonyl (C=O) groups is 1. The van der Waals surface area contributed by atoms with Crippen LogP contribution in [-0.2, 0) is 11.0 Å². The first-order valence-corrected chi connectivity index (χ1v) is 8.20. The van der Waals surface area contributed by atoms with Crippen molar-refractivity contribution in [2.24, 2.45) is 0 Å². The number of hydroxylamine groups is 1. The molecule has 2 aromatic carbocycles. The summed E-state index contributed by atoms with van der Waals surface area (Å²) in [6, 6.07) is 8.71. The standard InChI is InChI=1S/C19H16F4N2O2/c1-11-10-14(12-6-8-13(9-7-12)19(21,22)23)17(25(11)27)18(26)24-16-5-3-2-4-15(16)20/h2-9,14,17H,10H2,1H3,(H,24,26)/t14-,17+/m0/s1. The Morgan fingerprint density at radius 1 is 1.15 bits per heavy atom. The summed E-state index contributed by atoms with van der Waals surface area (Å²) in [7, 11) is 0. The van der Waals surface area contributed by atoms with E-state index in [2.05, 4.69) is 5.32 Å². The molecule has 2 aromatic rings. The Kier molecular flexibility index (Phi) is 4.91. The zero-order chi connectivity index (χ0) is 19.8. The minimum absolute atomic E-state index is 0.0633. The molecule has 1 aliphatic heterocycles. The largest absolute Gasteiger partial charge is 0.623 e. The van der Waals surface area contributed by atoms with Gasteiger partial charge in [0.2, 0.25) is 6.04 Å². The topological polar surface area (TPSA) is 55.2 Å². The third kappa shape index (κ3) is 3.79. The van der Waals surface area contributed by atoms with Crippen LogP contribution < -0.4 is 5.32 Å². The van der Waals surface area contributed by atoms with Crippen molar-refractivity contribution in [2.45, 2.75) is 31.5 Å². The summed E-state index contributed by atoms with van der Waals surface area (Å²) in [5, 5.41) is 14.8. The number of hydrogen-bond acceptors (Lipinski definition) is 2. The lowest BCUT2D eigenvalue weighted by atomic mass is 9.89. The molecule has 0 aromatic heterocycles. The van der Waals surface area contributed by atoms with Crippen molar-refractivity contribution in [3.05, 3.63) is 70.7 Å². The molecule has 0 aliphatic carbocycles. The molecule has 27 heavy (non-hydrogen) atoms. The van der Waals surface area contributed by atoms with Gasteiger partial charge in [-0.3, -0.25) is 4.79 Å². The number of hydrogen-bond donors (Lipinski definition) is 1. The lowest BCUT2D eigenvalue weighted by Gasteiger charge is -2.19. The highest BCUT2D eigenvalue weighted by molar-refractivity contribution is 5.97. The quantitative estimate of drug-likeness (QED) is 0.490. The Balaban J connectivity index is 1.87. The van der Waals surface area contributed by atoms with E-state index >= 15 is 0 Å². The molecule has 0 saturated carbocycles. The van der Waals surface area contributed by atoms with Crippen LogP contribution in [0.1, 0.15) is 30.4 Å². The van der Waals surface area contributed by atoms with Crippen LogP contribution in [0, 0.1) is 11.0 Å². The van der Waals surface area contributed by atoms with E-state index in [4.69, 9.17) is 0 Å². The number of carbonyl (C=O) groups excluding carboxylic acids is 1. The van der Waals surface area contributed by atoms with Gasteiger partial charge in [0, 0.05) is 13.3 Å². The van der Waals surface area contributed by atoms with Crippen LogP contribution in [-0.4, -0.2) is 22.4 Å². The lowest BCUT2D eigenvalue weighted by Crippen LogP contribution is -2.37. The van der Waals surface area contributed by atoms with Crippen LogP contribution in [0.15, 0.2) is 48.5 Å². The number of nitrogens with zero attached hydrogens (tertiary/aromatic N) is 1. The minimum Gasteiger partial charge on any atom is -0.623 e. The zero-order valence-corrected chi connectivity index (χ0v) is 14.3. The maximum Gasteiger partial charge on any atom is 0.416 e. The van der Waals surface area contributed by atoms with E-state index in [1.807, 2.05) is 0 Å². The molecule has 0 spiro atoms. The maximum absolute atomic E-state index is 13.8. The second kappa shape index (κ2) is 7.02. The summed E-state index contributed by atoms with van der Waals surface area (Å²) >= 11 is 0. The number of rotatable bonds is 3. The van der Waals surface area contributed by atoms with E-state index in [9.17, 15) is 27.6 Å². The van der Waals surface area contributed by atoms with Gasteiger partial charge in [0.25, 0.3) is 5.91 Å². The van der Waals surface area contributed by atoms with Gasteiger partial charge >= 0.3 is 6.18 Å². The lowest BCUT2D eigenvalue weighted by molar-refractivity contribution is -0.479. The highest BCUT2D eigenvalue weighted by Crippen LogP contribution is 2.35. The van der Waals surface area contributed by atoms with E-state index in [1.54, 1.807) is 6.92 Å². The predicted octanol–water partition coefficient (Wildman–Crippen LogP) is 4.31. The molecule has 2 atom stereocenters. The fourth-order valence-corrected chi connectivity index (χ4v) is 3.20. The fourth-order valence-electron chi connectivity index (χ4n) is 3.20. The molecular weight excluding hydrogens is 364 g/mol. The molecule has 0 fully saturated rings. The monoisotopic (exact) mass is 380 g/mol. The Hall–Kier alpha value is -2.90. The SMILES string of the molecule is CC1=[N+]([O-])[C@@H](C(=O)Nc2ccccc2F)[C@H](c2ccc(C(F)(F)F)cc2)C1. The first-order valence-electron chi connectivity index (χ1n) is 8.20. The molecule has 142 valence electrons. The summed E-state index contributed by atoms with van der Waals surface area (Å²) in [5.74, 6) is -1.98. The summed E-state index contributed by atoms with van der Waals surface area (Å²) in [5.41, 5.74) is -0.0501. The van der Waals surface area contributed by atoms with E-state index in [0.717, 1.165) is 12.1 Å². The van der Waals surface area contributed by atoms with Crippen LogP contribution in [0.3, 0.4) is 0 Å². The van der Waals surface area contributed by atoms with Gasteiger partial charge in [-0.2, -0.15) is 13.2 Å². The van der Waals surface area contributed by atoms with Gasteiger partial charge < -0.3 is 10.5 Å². The van der Waals surface area contributed by atoms with Gasteiger partial charge in [-0.05, 0) is 29.8 Å². The molecule has 1 amide bonds. The molecule has 4 nitrogen and oxygen atoms in total. The zero-order valence-electron chi connectivity index (χ0n) is 14.3. The van der Waals surface area contributed by atoms with Crippen molar-refractivity contribution in [3.8, 4) is 0 Å². The second-order valence-corrected chi connectivity index (χ2v) is 6.41. The van der Waals surface area contributed by atoms with Gasteiger partial charge in [-0.1, -0.05) is 24.3 Å². The number of para-hydroxylation sites is 1. The molecule has 1 N–H and O–H groups in total. The third-order valence-corrected chi connectivity index (χ3v) is 4.59. The molecule has 1 aliphatic rings. The Labute approximate surface area is 152 Å². The maximum atomic E-state index is 13.8. The molecule has 8 heteroatoms. The molecule has 1 heterocycles. The number of nitrogens with one attached hydrogen (secondary N) is 1. The average Bonchev–Trinajstić information content (AvgIpc) is 2.91. The number of anilines is 1. The van der Waals surface area contributed by atoms with Crippen LogP contribution in [0.5, 0.6) is 0 Å². The van der Waals surface area contributed by atoms with Gasteiger partial charge in [0.05, 0.1) is 17.2 Å². The molecule has 0 bridgehead atoms. The average molecular weight is 380 g/mol. The van der Waals surface area contributed by atoms with Crippen molar-refractivity contribution in [3.63, 3.8) is 0 Å². The van der Waals surface area contributed by atoms with Crippen molar-refractivity contribution in [1.82, 2.24) is 0 Å². The highest BCUT2D eigenvalue weighted by atomic mass is 19.4. The molecular formula is C19H16F4N2O2.